The topological polar surface area (TPSA) is 72.2 Å². The van der Waals surface area contributed by atoms with Crippen LogP contribution in [-0.2, 0) is 16.6 Å². The number of anilines is 1. The smallest absolute Gasteiger partial charge is 0.271 e. The summed E-state index contributed by atoms with van der Waals surface area (Å²) in [5.41, 5.74) is 8.01. The van der Waals surface area contributed by atoms with Crippen molar-refractivity contribution in [2.24, 2.45) is 5.73 Å². The zero-order valence-electron chi connectivity index (χ0n) is 11.1. The van der Waals surface area contributed by atoms with Gasteiger partial charge < -0.3 is 5.73 Å². The van der Waals surface area contributed by atoms with E-state index < -0.39 is 10.0 Å². The summed E-state index contributed by atoms with van der Waals surface area (Å²) in [4.78, 5) is 0.883. The van der Waals surface area contributed by atoms with Gasteiger partial charge in [0.1, 0.15) is 4.21 Å². The van der Waals surface area contributed by atoms with Gasteiger partial charge in [-0.2, -0.15) is 0 Å². The minimum atomic E-state index is -3.58. The molecule has 4 nitrogen and oxygen atoms in total. The van der Waals surface area contributed by atoms with E-state index in [1.807, 2.05) is 26.0 Å². The Bertz CT molecular complexity index is 739. The highest BCUT2D eigenvalue weighted by atomic mass is 79.9. The molecule has 2 rings (SSSR count). The van der Waals surface area contributed by atoms with Gasteiger partial charge in [-0.25, -0.2) is 8.42 Å². The number of hydrogen-bond acceptors (Lipinski definition) is 4. The second kappa shape index (κ2) is 5.85. The van der Waals surface area contributed by atoms with Crippen molar-refractivity contribution < 1.29 is 8.42 Å². The Labute approximate surface area is 131 Å². The number of thiophene rings is 1. The lowest BCUT2D eigenvalue weighted by atomic mass is 10.2. The molecule has 1 heterocycles. The largest absolute Gasteiger partial charge is 0.326 e. The number of nitrogens with one attached hydrogen (secondary N) is 1. The number of sulfonamides is 1. The molecule has 0 atom stereocenters. The Kier molecular flexibility index (Phi) is 4.53. The standard InChI is InChI=1S/C13H15BrN2O2S2/c1-8-3-4-10(14)11(5-8)16-20(17,18)13-6-9(2)12(7-15)19-13/h3-6,16H,7,15H2,1-2H3. The number of rotatable bonds is 4. The summed E-state index contributed by atoms with van der Waals surface area (Å²) < 4.78 is 28.4. The molecule has 0 radical (unpaired) electrons. The molecule has 0 spiro atoms. The van der Waals surface area contributed by atoms with Crippen LogP contribution in [0.1, 0.15) is 16.0 Å². The highest BCUT2D eigenvalue weighted by Crippen LogP contribution is 2.30. The molecular formula is C13H15BrN2O2S2. The molecule has 3 N–H and O–H groups in total. The van der Waals surface area contributed by atoms with Crippen LogP contribution in [0.4, 0.5) is 5.69 Å². The molecule has 0 unspecified atom stereocenters. The van der Waals surface area contributed by atoms with Crippen molar-refractivity contribution in [2.75, 3.05) is 4.72 Å². The van der Waals surface area contributed by atoms with Crippen LogP contribution in [-0.4, -0.2) is 8.42 Å². The SMILES string of the molecule is Cc1ccc(Br)c(NS(=O)(=O)c2cc(C)c(CN)s2)c1. The highest BCUT2D eigenvalue weighted by Gasteiger charge is 2.19. The molecule has 20 heavy (non-hydrogen) atoms. The third-order valence-electron chi connectivity index (χ3n) is 2.81. The predicted octanol–water partition coefficient (Wildman–Crippen LogP) is 3.39. The molecule has 0 aliphatic heterocycles. The quantitative estimate of drug-likeness (QED) is 0.861. The van der Waals surface area contributed by atoms with Gasteiger partial charge in [0.2, 0.25) is 0 Å². The maximum Gasteiger partial charge on any atom is 0.271 e. The summed E-state index contributed by atoms with van der Waals surface area (Å²) in [6.07, 6.45) is 0. The van der Waals surface area contributed by atoms with E-state index in [2.05, 4.69) is 20.7 Å². The number of halogens is 1. The first kappa shape index (κ1) is 15.5. The maximum absolute atomic E-state index is 12.4. The maximum atomic E-state index is 12.4. The van der Waals surface area contributed by atoms with Crippen LogP contribution in [0.25, 0.3) is 0 Å². The van der Waals surface area contributed by atoms with E-state index in [0.717, 1.165) is 16.0 Å². The van der Waals surface area contributed by atoms with Crippen LogP contribution in [0.3, 0.4) is 0 Å². The summed E-state index contributed by atoms with van der Waals surface area (Å²) in [5, 5.41) is 0. The van der Waals surface area contributed by atoms with Crippen molar-refractivity contribution in [3.8, 4) is 0 Å². The third-order valence-corrected chi connectivity index (χ3v) is 6.60. The van der Waals surface area contributed by atoms with Crippen molar-refractivity contribution in [3.63, 3.8) is 0 Å². The monoisotopic (exact) mass is 374 g/mol. The van der Waals surface area contributed by atoms with E-state index in [4.69, 9.17) is 5.73 Å². The van der Waals surface area contributed by atoms with Crippen LogP contribution < -0.4 is 10.5 Å². The zero-order chi connectivity index (χ0) is 14.9. The normalized spacial score (nSPS) is 11.6. The number of aryl methyl sites for hydroxylation is 2. The van der Waals surface area contributed by atoms with Gasteiger partial charge in [0.05, 0.1) is 5.69 Å². The van der Waals surface area contributed by atoms with Crippen LogP contribution in [0.5, 0.6) is 0 Å². The lowest BCUT2D eigenvalue weighted by Crippen LogP contribution is -2.12. The summed E-state index contributed by atoms with van der Waals surface area (Å²) in [7, 11) is -3.58. The molecule has 0 amide bonds. The van der Waals surface area contributed by atoms with Gasteiger partial charge in [0, 0.05) is 15.9 Å². The van der Waals surface area contributed by atoms with Crippen molar-refractivity contribution in [3.05, 3.63) is 44.7 Å². The molecule has 2 aromatic rings. The Balaban J connectivity index is 2.37. The Morgan fingerprint density at radius 2 is 2.00 bits per heavy atom. The second-order valence-corrected chi connectivity index (χ2v) is 8.36. The second-order valence-electron chi connectivity index (χ2n) is 4.46. The van der Waals surface area contributed by atoms with Crippen molar-refractivity contribution in [2.45, 2.75) is 24.6 Å². The first-order chi connectivity index (χ1) is 9.33. The minimum Gasteiger partial charge on any atom is -0.326 e. The highest BCUT2D eigenvalue weighted by molar-refractivity contribution is 9.10. The summed E-state index contributed by atoms with van der Waals surface area (Å²) in [5.74, 6) is 0. The lowest BCUT2D eigenvalue weighted by Gasteiger charge is -2.09. The predicted molar refractivity (Wildman–Crippen MR) is 86.6 cm³/mol. The Morgan fingerprint density at radius 3 is 2.60 bits per heavy atom. The fourth-order valence-corrected chi connectivity index (χ4v) is 4.75. The van der Waals surface area contributed by atoms with E-state index in [9.17, 15) is 8.42 Å². The van der Waals surface area contributed by atoms with Gasteiger partial charge >= 0.3 is 0 Å². The molecule has 1 aromatic carbocycles. The van der Waals surface area contributed by atoms with Crippen LogP contribution in [0, 0.1) is 13.8 Å². The average molecular weight is 375 g/mol. The molecule has 0 aliphatic rings. The molecule has 0 saturated carbocycles. The van der Waals surface area contributed by atoms with Gasteiger partial charge in [-0.1, -0.05) is 6.07 Å². The molecule has 0 aliphatic carbocycles. The third kappa shape index (κ3) is 3.22. The zero-order valence-corrected chi connectivity index (χ0v) is 14.3. The summed E-state index contributed by atoms with van der Waals surface area (Å²) in [6.45, 7) is 4.12. The summed E-state index contributed by atoms with van der Waals surface area (Å²) >= 11 is 4.55. The average Bonchev–Trinajstić information content (AvgIpc) is 2.76. The van der Waals surface area contributed by atoms with Crippen molar-refractivity contribution in [1.82, 2.24) is 0 Å². The summed E-state index contributed by atoms with van der Waals surface area (Å²) in [6, 6.07) is 7.16. The first-order valence-electron chi connectivity index (χ1n) is 5.92. The first-order valence-corrected chi connectivity index (χ1v) is 9.01. The van der Waals surface area contributed by atoms with E-state index in [0.29, 0.717) is 16.7 Å². The Morgan fingerprint density at radius 1 is 1.30 bits per heavy atom. The van der Waals surface area contributed by atoms with E-state index in [1.165, 1.54) is 11.3 Å². The molecule has 0 bridgehead atoms. The molecular weight excluding hydrogens is 360 g/mol. The minimum absolute atomic E-state index is 0.281. The van der Waals surface area contributed by atoms with E-state index in [1.54, 1.807) is 12.1 Å². The van der Waals surface area contributed by atoms with Crippen molar-refractivity contribution in [1.29, 1.82) is 0 Å². The van der Waals surface area contributed by atoms with E-state index in [-0.39, 0.29) is 4.21 Å². The lowest BCUT2D eigenvalue weighted by molar-refractivity contribution is 0.603. The fraction of sp³-hybridized carbons (Fsp3) is 0.231. The van der Waals surface area contributed by atoms with Crippen LogP contribution in [0.15, 0.2) is 32.9 Å². The van der Waals surface area contributed by atoms with Gasteiger partial charge in [0.15, 0.2) is 0 Å². The number of hydrogen-bond donors (Lipinski definition) is 2. The number of benzene rings is 1. The molecule has 0 fully saturated rings. The van der Waals surface area contributed by atoms with E-state index >= 15 is 0 Å². The van der Waals surface area contributed by atoms with Gasteiger partial charge in [-0.15, -0.1) is 11.3 Å². The van der Waals surface area contributed by atoms with Crippen molar-refractivity contribution >= 4 is 43.0 Å². The molecule has 108 valence electrons. The molecule has 0 saturated heterocycles. The van der Waals surface area contributed by atoms with Gasteiger partial charge in [-0.05, 0) is 59.1 Å². The number of nitrogens with two attached hydrogens (primary N) is 1. The van der Waals surface area contributed by atoms with Crippen LogP contribution in [0.2, 0.25) is 0 Å². The Hall–Kier alpha value is -0.890. The van der Waals surface area contributed by atoms with Gasteiger partial charge in [0.25, 0.3) is 10.0 Å². The molecule has 1 aromatic heterocycles. The molecule has 7 heteroatoms. The van der Waals surface area contributed by atoms with Crippen LogP contribution >= 0.6 is 27.3 Å². The van der Waals surface area contributed by atoms with Gasteiger partial charge in [-0.3, -0.25) is 4.72 Å². The fourth-order valence-electron chi connectivity index (χ4n) is 1.74.